The van der Waals surface area contributed by atoms with E-state index in [0.717, 1.165) is 0 Å². The standard InChI is InChI=1S/C21H39O12.2C9H19O6.C6H13O4.3Rf/c1-28-7-16(22)19(25)10-31-13-4-14(32-11-20(26)17(23)8-29-2)6-15(5-13)33-12-21(27)18(24)9-30-3;2*1-13-4-8(11)6-15-7-9(12)5-14-3-2-10;1-9-4-6(8)5-10-3-2-7;;;/h13-27H,1-12H2;2*8-12H,1-7H2;6-8H,1-5H2;;;/q-3;3*-1;;;. The van der Waals surface area contributed by atoms with Crippen LogP contribution in [0.3, 0.4) is 0 Å². The van der Waals surface area contributed by atoms with Gasteiger partial charge in [-0.2, -0.15) is 0 Å². The maximum Gasteiger partial charge on any atom is 0.105 e. The molecule has 31 heteroatoms. The minimum atomic E-state index is -1.19. The summed E-state index contributed by atoms with van der Waals surface area (Å²) < 4.78 is 68.7. The summed E-state index contributed by atoms with van der Waals surface area (Å²) in [6, 6.07) is 0. The van der Waals surface area contributed by atoms with Gasteiger partial charge >= 0.3 is 0 Å². The first-order valence-corrected chi connectivity index (χ1v) is 23.2. The van der Waals surface area contributed by atoms with Crippen molar-refractivity contribution in [1.82, 2.24) is 0 Å². The minimum absolute atomic E-state index is 0. The van der Waals surface area contributed by atoms with E-state index in [-0.39, 0.29) is 145 Å². The molecule has 0 bridgehead atoms. The summed E-state index contributed by atoms with van der Waals surface area (Å²) in [5.74, 6) is 0. The minimum Gasteiger partial charge on any atom is -0.553 e. The second-order valence-corrected chi connectivity index (χ2v) is 15.9. The van der Waals surface area contributed by atoms with E-state index in [1.165, 1.54) is 0 Å². The molecule has 76 heavy (non-hydrogen) atoms. The van der Waals surface area contributed by atoms with Crippen LogP contribution in [0.5, 0.6) is 0 Å². The molecule has 0 aromatic heterocycles. The first kappa shape index (κ1) is 83.2. The van der Waals surface area contributed by atoms with Crippen LogP contribution in [0.4, 0.5) is 0 Å². The summed E-state index contributed by atoms with van der Waals surface area (Å²) in [6.07, 6.45) is -10.8. The Balaban J connectivity index is -0.000000238. The van der Waals surface area contributed by atoms with Gasteiger partial charge in [0.25, 0.3) is 0 Å². The smallest absolute Gasteiger partial charge is 0.105 e. The summed E-state index contributed by atoms with van der Waals surface area (Å²) in [7, 11) is 18.8. The Kier molecular flexibility index (Phi) is 64.1. The molecule has 0 aliphatic heterocycles. The van der Waals surface area contributed by atoms with Gasteiger partial charge in [0.05, 0.1) is 142 Å². The first-order valence-electron chi connectivity index (χ1n) is 23.2. The van der Waals surface area contributed by atoms with Crippen LogP contribution in [-0.4, -0.2) is 302 Å². The molecule has 11 unspecified atom stereocenters. The summed E-state index contributed by atoms with van der Waals surface area (Å²) in [5.41, 5.74) is 0. The number of aliphatic hydroxyl groups excluding tert-OH is 14. The predicted octanol–water partition coefficient (Wildman–Crippen LogP) is -5.84. The second kappa shape index (κ2) is 58.6. The van der Waals surface area contributed by atoms with E-state index in [4.69, 9.17) is 68.5 Å². The SMILES string of the molecule is [CH2-]OCC(O)C(O)COC1CC(OCC(O)C(O)CO[CH2-])CC(OCC(O)C(O)CO[CH2-])C1.[CH2-]OCC(O)COCC(O)COCCO.[CH2-]OCC(O)COCC(O)COCCO.[CH2-]OCC(O)COCCO.[Rf].[Rf].[Rf]. The van der Waals surface area contributed by atoms with Crippen molar-refractivity contribution in [1.29, 1.82) is 0 Å². The van der Waals surface area contributed by atoms with Crippen LogP contribution in [0.2, 0.25) is 0 Å². The zero-order valence-corrected chi connectivity index (χ0v) is 63.3. The van der Waals surface area contributed by atoms with Crippen LogP contribution in [-0.2, 0) is 66.3 Å². The summed E-state index contributed by atoms with van der Waals surface area (Å²) in [6.45, 7) is 0.496. The fraction of sp³-hybridized carbons (Fsp3) is 0.867. The van der Waals surface area contributed by atoms with E-state index in [0.29, 0.717) is 19.3 Å². The van der Waals surface area contributed by atoms with Crippen LogP contribution >= 0.6 is 0 Å². The summed E-state index contributed by atoms with van der Waals surface area (Å²) >= 11 is 0. The number of aliphatic hydroxyl groups is 14. The van der Waals surface area contributed by atoms with E-state index < -0.39 is 85.5 Å². The average molecular weight is 1880 g/mol. The van der Waals surface area contributed by atoms with Crippen molar-refractivity contribution in [2.75, 3.05) is 145 Å². The third kappa shape index (κ3) is 52.0. The molecule has 0 radical (unpaired) electrons. The van der Waals surface area contributed by atoms with E-state index in [2.05, 4.69) is 71.1 Å². The van der Waals surface area contributed by atoms with E-state index in [1.54, 1.807) is 0 Å². The van der Waals surface area contributed by atoms with Gasteiger partial charge in [-0.1, -0.05) is 0 Å². The van der Waals surface area contributed by atoms with Crippen molar-refractivity contribution in [3.63, 3.8) is 0 Å². The van der Waals surface area contributed by atoms with Crippen molar-refractivity contribution >= 4 is 0 Å². The molecule has 0 aromatic carbocycles. The summed E-state index contributed by atoms with van der Waals surface area (Å²) in [5, 5.41) is 130. The number of hydrogen-bond donors (Lipinski definition) is 14. The van der Waals surface area contributed by atoms with Gasteiger partial charge in [-0.15, -0.1) is 0 Å². The van der Waals surface area contributed by atoms with Crippen molar-refractivity contribution in [2.24, 2.45) is 0 Å². The van der Waals surface area contributed by atoms with Gasteiger partial charge in [-0.3, -0.25) is 0 Å². The Morgan fingerprint density at radius 3 is 0.658 bits per heavy atom. The summed E-state index contributed by atoms with van der Waals surface area (Å²) in [4.78, 5) is 0. The van der Waals surface area contributed by atoms with Gasteiger partial charge in [0.2, 0.25) is 0 Å². The zero-order chi connectivity index (χ0) is 55.7. The molecule has 14 N–H and O–H groups in total. The van der Waals surface area contributed by atoms with Gasteiger partial charge in [0.15, 0.2) is 0 Å². The molecule has 1 aliphatic carbocycles. The third-order valence-corrected chi connectivity index (χ3v) is 9.09. The normalized spacial score (nSPS) is 19.5. The van der Waals surface area contributed by atoms with E-state index >= 15 is 0 Å². The van der Waals surface area contributed by atoms with E-state index in [1.807, 2.05) is 0 Å². The molecule has 0 spiro atoms. The Morgan fingerprint density at radius 1 is 0.276 bits per heavy atom. The fourth-order valence-electron chi connectivity index (χ4n) is 5.49. The molecule has 1 saturated carbocycles. The molecular weight excluding hydrogens is 1790 g/mol. The van der Waals surface area contributed by atoms with Crippen LogP contribution in [0, 0.1) is 42.7 Å². The maximum atomic E-state index is 9.99. The molecule has 1 aliphatic rings. The topological polar surface area (TPSA) is 412 Å². The van der Waals surface area contributed by atoms with E-state index in [9.17, 15) is 40.9 Å². The monoisotopic (exact) mass is 1880 g/mol. The molecule has 0 amide bonds. The molecule has 0 heterocycles. The quantitative estimate of drug-likeness (QED) is 0.0200. The third-order valence-electron chi connectivity index (χ3n) is 9.09. The molecule has 1 rings (SSSR count). The van der Waals surface area contributed by atoms with Crippen LogP contribution in [0.25, 0.3) is 0 Å². The largest absolute Gasteiger partial charge is 0.553 e. The molecule has 11 atom stereocenters. The second-order valence-electron chi connectivity index (χ2n) is 15.9. The van der Waals surface area contributed by atoms with Crippen molar-refractivity contribution in [2.45, 2.75) is 105 Å². The van der Waals surface area contributed by atoms with Crippen molar-refractivity contribution in [3.8, 4) is 0 Å². The Hall–Kier alpha value is -4.12. The maximum absolute atomic E-state index is 9.99. The number of hydrogen-bond acceptors (Lipinski definition) is 28. The van der Waals surface area contributed by atoms with Crippen molar-refractivity contribution < 1.29 is 138 Å². The molecule has 0 saturated heterocycles. The van der Waals surface area contributed by atoms with Crippen molar-refractivity contribution in [3.05, 3.63) is 42.7 Å². The van der Waals surface area contributed by atoms with Gasteiger partial charge in [-0.05, 0) is 19.3 Å². The Bertz CT molecular complexity index is 1010. The Labute approximate surface area is 430 Å². The van der Waals surface area contributed by atoms with Crippen LogP contribution in [0.1, 0.15) is 19.3 Å². The first-order chi connectivity index (χ1) is 34.9. The number of ether oxygens (including phenoxy) is 14. The molecule has 450 valence electrons. The molecule has 28 nitrogen and oxygen atoms in total. The molecule has 1 fully saturated rings. The van der Waals surface area contributed by atoms with Gasteiger partial charge in [-0.25, -0.2) is 42.7 Å². The van der Waals surface area contributed by atoms with Gasteiger partial charge in [0.1, 0.15) is 48.8 Å². The zero-order valence-electron chi connectivity index (χ0n) is 44.1. The van der Waals surface area contributed by atoms with Gasteiger partial charge < -0.3 is 138 Å². The Morgan fingerprint density at radius 2 is 0.461 bits per heavy atom. The average Bonchev–Trinajstić information content (AvgIpc) is 3.35. The van der Waals surface area contributed by atoms with Crippen LogP contribution < -0.4 is 0 Å². The number of rotatable bonds is 44. The van der Waals surface area contributed by atoms with Crippen LogP contribution in [0.15, 0.2) is 0 Å². The van der Waals surface area contributed by atoms with Gasteiger partial charge in [0, 0.05) is 39.6 Å². The predicted molar refractivity (Wildman–Crippen MR) is 252 cm³/mol. The molecule has 0 aromatic rings. The fourth-order valence-corrected chi connectivity index (χ4v) is 5.49. The molecular formula is C45H90O28Rf3-6.